The quantitative estimate of drug-likeness (QED) is 0.570. The minimum Gasteiger partial charge on any atom is -0.461 e. The van der Waals surface area contributed by atoms with Crippen LogP contribution in [0.5, 0.6) is 0 Å². The highest BCUT2D eigenvalue weighted by molar-refractivity contribution is 6.17. The van der Waals surface area contributed by atoms with Gasteiger partial charge in [0.1, 0.15) is 6.61 Å². The van der Waals surface area contributed by atoms with E-state index in [9.17, 15) is 4.79 Å². The second-order valence-corrected chi connectivity index (χ2v) is 3.72. The Morgan fingerprint density at radius 1 is 1.33 bits per heavy atom. The number of esters is 1. The van der Waals surface area contributed by atoms with E-state index in [1.165, 1.54) is 12.5 Å². The molecular formula is C12H15ClO2. The number of hydrogen-bond donors (Lipinski definition) is 0. The molecule has 82 valence electrons. The number of rotatable bonds is 5. The lowest BCUT2D eigenvalue weighted by Gasteiger charge is -2.08. The Hall–Kier alpha value is -1.02. The van der Waals surface area contributed by atoms with Crippen LogP contribution in [0.25, 0.3) is 0 Å². The van der Waals surface area contributed by atoms with Crippen molar-refractivity contribution in [2.45, 2.75) is 26.4 Å². The molecule has 0 aliphatic rings. The van der Waals surface area contributed by atoms with Gasteiger partial charge in [-0.25, -0.2) is 0 Å². The average molecular weight is 227 g/mol. The molecule has 0 radical (unpaired) electrons. The van der Waals surface area contributed by atoms with E-state index in [0.717, 1.165) is 18.4 Å². The molecule has 1 rings (SSSR count). The number of aryl methyl sites for hydroxylation is 1. The molecule has 0 saturated carbocycles. The molecule has 1 aromatic carbocycles. The third-order valence-electron chi connectivity index (χ3n) is 2.13. The van der Waals surface area contributed by atoms with Gasteiger partial charge in [0, 0.05) is 12.8 Å². The van der Waals surface area contributed by atoms with Gasteiger partial charge in [0.15, 0.2) is 0 Å². The summed E-state index contributed by atoms with van der Waals surface area (Å²) in [7, 11) is 0. The Balaban J connectivity index is 2.63. The standard InChI is InChI=1S/C12H15ClO2/c1-10(14)15-9-12-6-3-2-5-11(12)7-4-8-13/h2-3,5-6H,4,7-9H2,1H3. The summed E-state index contributed by atoms with van der Waals surface area (Å²) in [6.45, 7) is 1.77. The largest absolute Gasteiger partial charge is 0.461 e. The minimum absolute atomic E-state index is 0.248. The molecule has 0 aliphatic carbocycles. The fourth-order valence-corrected chi connectivity index (χ4v) is 1.51. The molecule has 2 nitrogen and oxygen atoms in total. The lowest BCUT2D eigenvalue weighted by atomic mass is 10.0. The summed E-state index contributed by atoms with van der Waals surface area (Å²) in [6, 6.07) is 7.96. The number of carbonyl (C=O) groups excluding carboxylic acids is 1. The van der Waals surface area contributed by atoms with Gasteiger partial charge in [0.2, 0.25) is 0 Å². The normalized spacial score (nSPS) is 10.0. The van der Waals surface area contributed by atoms with Gasteiger partial charge < -0.3 is 4.74 Å². The maximum atomic E-state index is 10.7. The molecule has 0 fully saturated rings. The van der Waals surface area contributed by atoms with Crippen LogP contribution in [-0.2, 0) is 22.6 Å². The molecule has 0 heterocycles. The molecule has 1 aromatic rings. The maximum Gasteiger partial charge on any atom is 0.302 e. The first-order valence-corrected chi connectivity index (χ1v) is 5.53. The van der Waals surface area contributed by atoms with Gasteiger partial charge in [-0.15, -0.1) is 11.6 Å². The van der Waals surface area contributed by atoms with Gasteiger partial charge in [-0.1, -0.05) is 24.3 Å². The Labute approximate surface area is 95.2 Å². The molecule has 0 N–H and O–H groups in total. The van der Waals surface area contributed by atoms with Gasteiger partial charge in [0.05, 0.1) is 0 Å². The van der Waals surface area contributed by atoms with Crippen molar-refractivity contribution in [3.8, 4) is 0 Å². The number of halogens is 1. The number of hydrogen-bond acceptors (Lipinski definition) is 2. The van der Waals surface area contributed by atoms with Crippen molar-refractivity contribution in [1.82, 2.24) is 0 Å². The Kier molecular flexibility index (Phi) is 5.19. The predicted molar refractivity (Wildman–Crippen MR) is 61.0 cm³/mol. The summed E-state index contributed by atoms with van der Waals surface area (Å²) in [5, 5.41) is 0. The first kappa shape index (κ1) is 12.1. The van der Waals surface area contributed by atoms with Gasteiger partial charge in [-0.3, -0.25) is 4.79 Å². The van der Waals surface area contributed by atoms with E-state index < -0.39 is 0 Å². The summed E-state index contributed by atoms with van der Waals surface area (Å²) in [5.41, 5.74) is 2.28. The van der Waals surface area contributed by atoms with Crippen LogP contribution in [0, 0.1) is 0 Å². The fourth-order valence-electron chi connectivity index (χ4n) is 1.38. The van der Waals surface area contributed by atoms with E-state index in [4.69, 9.17) is 16.3 Å². The molecule has 0 amide bonds. The summed E-state index contributed by atoms with van der Waals surface area (Å²) in [6.07, 6.45) is 1.87. The third kappa shape index (κ3) is 4.34. The second-order valence-electron chi connectivity index (χ2n) is 3.34. The highest BCUT2D eigenvalue weighted by atomic mass is 35.5. The fraction of sp³-hybridized carbons (Fsp3) is 0.417. The van der Waals surface area contributed by atoms with Crippen LogP contribution >= 0.6 is 11.6 Å². The van der Waals surface area contributed by atoms with Crippen molar-refractivity contribution < 1.29 is 9.53 Å². The summed E-state index contributed by atoms with van der Waals surface area (Å²) >= 11 is 5.65. The van der Waals surface area contributed by atoms with Gasteiger partial charge in [0.25, 0.3) is 0 Å². The zero-order valence-corrected chi connectivity index (χ0v) is 9.59. The van der Waals surface area contributed by atoms with Crippen LogP contribution in [-0.4, -0.2) is 11.8 Å². The zero-order chi connectivity index (χ0) is 11.1. The monoisotopic (exact) mass is 226 g/mol. The van der Waals surface area contributed by atoms with E-state index in [-0.39, 0.29) is 5.97 Å². The average Bonchev–Trinajstić information content (AvgIpc) is 2.24. The van der Waals surface area contributed by atoms with E-state index in [0.29, 0.717) is 12.5 Å². The summed E-state index contributed by atoms with van der Waals surface area (Å²) in [4.78, 5) is 10.7. The van der Waals surface area contributed by atoms with Crippen molar-refractivity contribution in [3.05, 3.63) is 35.4 Å². The van der Waals surface area contributed by atoms with Crippen molar-refractivity contribution in [1.29, 1.82) is 0 Å². The predicted octanol–water partition coefficient (Wildman–Crippen LogP) is 2.92. The lowest BCUT2D eigenvalue weighted by Crippen LogP contribution is -2.02. The van der Waals surface area contributed by atoms with Crippen molar-refractivity contribution >= 4 is 17.6 Å². The first-order chi connectivity index (χ1) is 7.24. The minimum atomic E-state index is -0.248. The van der Waals surface area contributed by atoms with Gasteiger partial charge >= 0.3 is 5.97 Å². The van der Waals surface area contributed by atoms with E-state index in [1.54, 1.807) is 0 Å². The smallest absolute Gasteiger partial charge is 0.302 e. The number of alkyl halides is 1. The number of ether oxygens (including phenoxy) is 1. The molecule has 0 aromatic heterocycles. The Morgan fingerprint density at radius 3 is 2.60 bits per heavy atom. The van der Waals surface area contributed by atoms with Crippen LogP contribution in [0.3, 0.4) is 0 Å². The molecule has 3 heteroatoms. The molecule has 15 heavy (non-hydrogen) atoms. The van der Waals surface area contributed by atoms with Crippen LogP contribution < -0.4 is 0 Å². The third-order valence-corrected chi connectivity index (χ3v) is 2.40. The summed E-state index contributed by atoms with van der Waals surface area (Å²) in [5.74, 6) is 0.407. The van der Waals surface area contributed by atoms with Crippen LogP contribution in [0.1, 0.15) is 24.5 Å². The Morgan fingerprint density at radius 2 is 2.00 bits per heavy atom. The maximum absolute atomic E-state index is 10.7. The van der Waals surface area contributed by atoms with Gasteiger partial charge in [-0.2, -0.15) is 0 Å². The highest BCUT2D eigenvalue weighted by Gasteiger charge is 2.02. The number of carbonyl (C=O) groups is 1. The molecule has 0 bridgehead atoms. The molecule has 0 spiro atoms. The SMILES string of the molecule is CC(=O)OCc1ccccc1CCCCl. The van der Waals surface area contributed by atoms with E-state index in [1.807, 2.05) is 24.3 Å². The zero-order valence-electron chi connectivity index (χ0n) is 8.83. The highest BCUT2D eigenvalue weighted by Crippen LogP contribution is 2.12. The topological polar surface area (TPSA) is 26.3 Å². The molecule has 0 aliphatic heterocycles. The van der Waals surface area contributed by atoms with Crippen LogP contribution in [0.4, 0.5) is 0 Å². The van der Waals surface area contributed by atoms with Crippen molar-refractivity contribution in [2.75, 3.05) is 5.88 Å². The molecule has 0 atom stereocenters. The molecule has 0 saturated heterocycles. The van der Waals surface area contributed by atoms with Crippen molar-refractivity contribution in [3.63, 3.8) is 0 Å². The van der Waals surface area contributed by atoms with Crippen molar-refractivity contribution in [2.24, 2.45) is 0 Å². The van der Waals surface area contributed by atoms with E-state index in [2.05, 4.69) is 0 Å². The molecule has 0 unspecified atom stereocenters. The van der Waals surface area contributed by atoms with Gasteiger partial charge in [-0.05, 0) is 24.0 Å². The van der Waals surface area contributed by atoms with Crippen LogP contribution in [0.2, 0.25) is 0 Å². The van der Waals surface area contributed by atoms with Crippen LogP contribution in [0.15, 0.2) is 24.3 Å². The van der Waals surface area contributed by atoms with E-state index >= 15 is 0 Å². The molecular weight excluding hydrogens is 212 g/mol. The Bertz CT molecular complexity index is 323. The first-order valence-electron chi connectivity index (χ1n) is 5.00. The number of benzene rings is 1. The summed E-state index contributed by atoms with van der Waals surface area (Å²) < 4.78 is 4.98. The lowest BCUT2D eigenvalue weighted by molar-refractivity contribution is -0.142. The second kappa shape index (κ2) is 6.46.